The van der Waals surface area contributed by atoms with E-state index in [4.69, 9.17) is 10.5 Å². The molecule has 0 saturated heterocycles. The number of amides is 1. The summed E-state index contributed by atoms with van der Waals surface area (Å²) in [5.41, 5.74) is 8.18. The molecule has 0 bridgehead atoms. The maximum Gasteiger partial charge on any atom is 0.241 e. The molecule has 118 valence electrons. The number of carbonyl (C=O) groups excluding carboxylic acids is 1. The van der Waals surface area contributed by atoms with E-state index < -0.39 is 0 Å². The number of benzene rings is 1. The van der Waals surface area contributed by atoms with Gasteiger partial charge in [-0.15, -0.1) is 0 Å². The fourth-order valence-corrected chi connectivity index (χ4v) is 1.85. The Labute approximate surface area is 127 Å². The van der Waals surface area contributed by atoms with Crippen LogP contribution < -0.4 is 11.1 Å². The van der Waals surface area contributed by atoms with Gasteiger partial charge in [-0.1, -0.05) is 6.07 Å². The maximum atomic E-state index is 12.3. The molecule has 0 aliphatic rings. The number of hydrogen-bond donors (Lipinski definition) is 2. The second-order valence-electron chi connectivity index (χ2n) is 5.59. The molecule has 1 atom stereocenters. The number of hydrogen-bond acceptors (Lipinski definition) is 4. The highest BCUT2D eigenvalue weighted by molar-refractivity contribution is 5.95. The van der Waals surface area contributed by atoms with Crippen LogP contribution in [0.3, 0.4) is 0 Å². The Morgan fingerprint density at radius 3 is 2.67 bits per heavy atom. The van der Waals surface area contributed by atoms with E-state index in [9.17, 15) is 4.79 Å². The van der Waals surface area contributed by atoms with E-state index in [-0.39, 0.29) is 18.1 Å². The van der Waals surface area contributed by atoms with E-state index in [2.05, 4.69) is 5.32 Å². The molecule has 0 spiro atoms. The van der Waals surface area contributed by atoms with Crippen LogP contribution in [-0.4, -0.2) is 43.2 Å². The number of likely N-dealkylation sites (N-methyl/N-ethyl adjacent to an activating group) is 1. The Morgan fingerprint density at radius 2 is 2.05 bits per heavy atom. The zero-order valence-corrected chi connectivity index (χ0v) is 13.6. The molecule has 21 heavy (non-hydrogen) atoms. The minimum absolute atomic E-state index is 0.0456. The third kappa shape index (κ3) is 5.36. The van der Waals surface area contributed by atoms with Crippen molar-refractivity contribution in [1.29, 1.82) is 0 Å². The first kappa shape index (κ1) is 17.5. The molecule has 1 aromatic carbocycles. The lowest BCUT2D eigenvalue weighted by Crippen LogP contribution is -2.41. The second-order valence-corrected chi connectivity index (χ2v) is 5.59. The molecule has 3 N–H and O–H groups in total. The van der Waals surface area contributed by atoms with Crippen LogP contribution in [0.5, 0.6) is 0 Å². The van der Waals surface area contributed by atoms with Crippen LogP contribution in [0.2, 0.25) is 0 Å². The normalized spacial score (nSPS) is 12.7. The van der Waals surface area contributed by atoms with Gasteiger partial charge in [-0.05, 0) is 52.4 Å². The van der Waals surface area contributed by atoms with E-state index in [1.54, 1.807) is 0 Å². The minimum atomic E-state index is -0.235. The topological polar surface area (TPSA) is 67.6 Å². The maximum absolute atomic E-state index is 12.3. The number of ether oxygens (including phenoxy) is 1. The van der Waals surface area contributed by atoms with Crippen molar-refractivity contribution in [2.75, 3.05) is 31.2 Å². The fourth-order valence-electron chi connectivity index (χ4n) is 1.85. The minimum Gasteiger partial charge on any atom is -0.398 e. The van der Waals surface area contributed by atoms with Crippen molar-refractivity contribution < 1.29 is 9.53 Å². The molecule has 0 aliphatic carbocycles. The van der Waals surface area contributed by atoms with Gasteiger partial charge in [-0.25, -0.2) is 0 Å². The lowest BCUT2D eigenvalue weighted by molar-refractivity contribution is -0.120. The van der Waals surface area contributed by atoms with Gasteiger partial charge in [0.05, 0.1) is 18.8 Å². The fraction of sp³-hybridized carbons (Fsp3) is 0.562. The highest BCUT2D eigenvalue weighted by atomic mass is 16.5. The van der Waals surface area contributed by atoms with Crippen molar-refractivity contribution in [3.63, 3.8) is 0 Å². The molecule has 0 saturated carbocycles. The Balaban J connectivity index is 2.56. The van der Waals surface area contributed by atoms with Gasteiger partial charge >= 0.3 is 0 Å². The summed E-state index contributed by atoms with van der Waals surface area (Å²) in [5, 5.41) is 2.93. The Bertz CT molecular complexity index is 475. The Kier molecular flexibility index (Phi) is 6.65. The van der Waals surface area contributed by atoms with Crippen molar-refractivity contribution in [3.05, 3.63) is 23.8 Å². The number of carbonyl (C=O) groups is 1. The largest absolute Gasteiger partial charge is 0.398 e. The molecule has 0 fully saturated rings. The average Bonchev–Trinajstić information content (AvgIpc) is 2.42. The lowest BCUT2D eigenvalue weighted by Gasteiger charge is -2.24. The highest BCUT2D eigenvalue weighted by Gasteiger charge is 2.18. The first-order valence-electron chi connectivity index (χ1n) is 7.30. The Hall–Kier alpha value is -1.59. The summed E-state index contributed by atoms with van der Waals surface area (Å²) in [4.78, 5) is 14.3. The zero-order valence-electron chi connectivity index (χ0n) is 13.6. The predicted molar refractivity (Wildman–Crippen MR) is 87.4 cm³/mol. The van der Waals surface area contributed by atoms with E-state index in [0.717, 1.165) is 11.3 Å². The van der Waals surface area contributed by atoms with Crippen molar-refractivity contribution in [3.8, 4) is 0 Å². The molecular formula is C16H27N3O2. The molecule has 1 rings (SSSR count). The molecule has 5 nitrogen and oxygen atoms in total. The predicted octanol–water partition coefficient (Wildman–Crippen LogP) is 2.26. The van der Waals surface area contributed by atoms with Gasteiger partial charge in [0, 0.05) is 17.9 Å². The van der Waals surface area contributed by atoms with Crippen LogP contribution >= 0.6 is 0 Å². The standard InChI is InChI=1S/C16H27N3O2/c1-11(2)21-10-9-19(5)13(4)16(20)18-15-8-6-7-14(17)12(15)3/h6-8,11,13H,9-10,17H2,1-5H3,(H,18,20). The van der Waals surface area contributed by atoms with Crippen LogP contribution in [0.25, 0.3) is 0 Å². The number of nitrogens with zero attached hydrogens (tertiary/aromatic N) is 1. The quantitative estimate of drug-likeness (QED) is 0.757. The molecule has 1 unspecified atom stereocenters. The van der Waals surface area contributed by atoms with Crippen LogP contribution in [0.1, 0.15) is 26.3 Å². The summed E-state index contributed by atoms with van der Waals surface area (Å²) >= 11 is 0. The van der Waals surface area contributed by atoms with Crippen LogP contribution in [-0.2, 0) is 9.53 Å². The number of nitrogens with two attached hydrogens (primary N) is 1. The highest BCUT2D eigenvalue weighted by Crippen LogP contribution is 2.20. The number of anilines is 2. The Morgan fingerprint density at radius 1 is 1.38 bits per heavy atom. The molecule has 0 radical (unpaired) electrons. The zero-order chi connectivity index (χ0) is 16.0. The first-order chi connectivity index (χ1) is 9.82. The van der Waals surface area contributed by atoms with Crippen LogP contribution in [0.4, 0.5) is 11.4 Å². The summed E-state index contributed by atoms with van der Waals surface area (Å²) in [5.74, 6) is -0.0456. The summed E-state index contributed by atoms with van der Waals surface area (Å²) in [7, 11) is 1.92. The molecular weight excluding hydrogens is 266 g/mol. The molecule has 0 heterocycles. The van der Waals surface area contributed by atoms with Crippen molar-refractivity contribution in [1.82, 2.24) is 4.90 Å². The monoisotopic (exact) mass is 293 g/mol. The molecule has 5 heteroatoms. The summed E-state index contributed by atoms with van der Waals surface area (Å²) in [6.45, 7) is 9.10. The van der Waals surface area contributed by atoms with Crippen molar-refractivity contribution >= 4 is 17.3 Å². The summed E-state index contributed by atoms with van der Waals surface area (Å²) in [6, 6.07) is 5.28. The van der Waals surface area contributed by atoms with Crippen molar-refractivity contribution in [2.24, 2.45) is 0 Å². The third-order valence-corrected chi connectivity index (χ3v) is 3.57. The van der Waals surface area contributed by atoms with Gasteiger partial charge in [-0.2, -0.15) is 0 Å². The van der Waals surface area contributed by atoms with Crippen molar-refractivity contribution in [2.45, 2.75) is 39.8 Å². The van der Waals surface area contributed by atoms with Gasteiger partial charge in [0.2, 0.25) is 5.91 Å². The smallest absolute Gasteiger partial charge is 0.241 e. The van der Waals surface area contributed by atoms with E-state index in [1.807, 2.05) is 57.8 Å². The first-order valence-corrected chi connectivity index (χ1v) is 7.30. The van der Waals surface area contributed by atoms with E-state index in [1.165, 1.54) is 0 Å². The third-order valence-electron chi connectivity index (χ3n) is 3.57. The number of rotatable bonds is 7. The SMILES string of the molecule is Cc1c(N)cccc1NC(=O)C(C)N(C)CCOC(C)C. The van der Waals surface area contributed by atoms with E-state index in [0.29, 0.717) is 18.8 Å². The van der Waals surface area contributed by atoms with Crippen LogP contribution in [0.15, 0.2) is 18.2 Å². The van der Waals surface area contributed by atoms with E-state index >= 15 is 0 Å². The van der Waals surface area contributed by atoms with Gasteiger partial charge in [0.1, 0.15) is 0 Å². The van der Waals surface area contributed by atoms with Crippen LogP contribution in [0, 0.1) is 6.92 Å². The number of nitrogen functional groups attached to an aromatic ring is 1. The average molecular weight is 293 g/mol. The number of nitrogens with one attached hydrogen (secondary N) is 1. The molecule has 0 aliphatic heterocycles. The lowest BCUT2D eigenvalue weighted by atomic mass is 10.1. The van der Waals surface area contributed by atoms with Gasteiger partial charge < -0.3 is 15.8 Å². The van der Waals surface area contributed by atoms with Gasteiger partial charge in [0.15, 0.2) is 0 Å². The molecule has 1 amide bonds. The molecule has 1 aromatic rings. The second kappa shape index (κ2) is 8.00. The summed E-state index contributed by atoms with van der Waals surface area (Å²) in [6.07, 6.45) is 0.206. The summed E-state index contributed by atoms with van der Waals surface area (Å²) < 4.78 is 5.51. The van der Waals surface area contributed by atoms with Gasteiger partial charge in [-0.3, -0.25) is 9.69 Å². The van der Waals surface area contributed by atoms with Gasteiger partial charge in [0.25, 0.3) is 0 Å². The molecule has 0 aromatic heterocycles.